The Morgan fingerprint density at radius 1 is 0.897 bits per heavy atom. The van der Waals surface area contributed by atoms with Gasteiger partial charge in [-0.1, -0.05) is 63.2 Å². The number of carbonyl (C=O) groups excluding carboxylic acids is 1. The molecule has 1 heterocycles. The third-order valence-electron chi connectivity index (χ3n) is 5.42. The molecule has 1 aliphatic rings. The number of benzene rings is 2. The normalized spacial score (nSPS) is 16.0. The van der Waals surface area contributed by atoms with Crippen molar-refractivity contribution in [1.82, 2.24) is 9.21 Å². The van der Waals surface area contributed by atoms with Crippen molar-refractivity contribution in [3.05, 3.63) is 65.7 Å². The Kier molecular flexibility index (Phi) is 6.44. The van der Waals surface area contributed by atoms with E-state index in [1.54, 1.807) is 35.2 Å². The molecule has 3 rings (SSSR count). The third-order valence-corrected chi connectivity index (χ3v) is 7.33. The van der Waals surface area contributed by atoms with Crippen LogP contribution in [0.3, 0.4) is 0 Å². The quantitative estimate of drug-likeness (QED) is 0.753. The molecule has 5 nitrogen and oxygen atoms in total. The molecule has 29 heavy (non-hydrogen) atoms. The summed E-state index contributed by atoms with van der Waals surface area (Å²) in [6.07, 6.45) is 1.14. The fourth-order valence-electron chi connectivity index (χ4n) is 3.50. The standard InChI is InChI=1S/C23H30N2O3S/c1-23(2,3)20-12-9-19(10-13-20)11-14-22(26)24-15-17-25(18-16-24)29(27,28)21-7-5-4-6-8-21/h4-10,12-13H,11,14-18H2,1-3H3. The molecular formula is C23H30N2O3S. The van der Waals surface area contributed by atoms with Gasteiger partial charge in [0, 0.05) is 32.6 Å². The molecule has 2 aromatic carbocycles. The second-order valence-electron chi connectivity index (χ2n) is 8.54. The van der Waals surface area contributed by atoms with Gasteiger partial charge in [0.25, 0.3) is 0 Å². The monoisotopic (exact) mass is 414 g/mol. The molecule has 1 amide bonds. The van der Waals surface area contributed by atoms with E-state index in [4.69, 9.17) is 0 Å². The average Bonchev–Trinajstić information content (AvgIpc) is 2.72. The zero-order chi connectivity index (χ0) is 21.1. The van der Waals surface area contributed by atoms with Crippen LogP contribution in [0.25, 0.3) is 0 Å². The van der Waals surface area contributed by atoms with Crippen molar-refractivity contribution in [1.29, 1.82) is 0 Å². The number of aryl methyl sites for hydroxylation is 1. The van der Waals surface area contributed by atoms with Crippen molar-refractivity contribution in [3.63, 3.8) is 0 Å². The van der Waals surface area contributed by atoms with E-state index in [-0.39, 0.29) is 11.3 Å². The molecule has 2 aromatic rings. The van der Waals surface area contributed by atoms with Crippen molar-refractivity contribution in [3.8, 4) is 0 Å². The molecule has 0 aliphatic carbocycles. The van der Waals surface area contributed by atoms with Gasteiger partial charge in [-0.05, 0) is 35.1 Å². The number of piperazine rings is 1. The first kappa shape index (κ1) is 21.5. The molecule has 0 aromatic heterocycles. The maximum atomic E-state index is 12.7. The Hall–Kier alpha value is -2.18. The Morgan fingerprint density at radius 3 is 2.03 bits per heavy atom. The lowest BCUT2D eigenvalue weighted by Crippen LogP contribution is -2.50. The molecule has 1 saturated heterocycles. The summed E-state index contributed by atoms with van der Waals surface area (Å²) in [4.78, 5) is 14.7. The van der Waals surface area contributed by atoms with Crippen LogP contribution in [-0.2, 0) is 26.7 Å². The summed E-state index contributed by atoms with van der Waals surface area (Å²) in [6.45, 7) is 8.10. The first-order chi connectivity index (χ1) is 13.7. The number of hydrogen-bond donors (Lipinski definition) is 0. The van der Waals surface area contributed by atoms with Gasteiger partial charge in [0.05, 0.1) is 4.90 Å². The Balaban J connectivity index is 1.51. The third kappa shape index (κ3) is 5.25. The Labute approximate surface area is 174 Å². The zero-order valence-electron chi connectivity index (χ0n) is 17.5. The minimum absolute atomic E-state index is 0.0849. The van der Waals surface area contributed by atoms with Gasteiger partial charge in [-0.15, -0.1) is 0 Å². The van der Waals surface area contributed by atoms with E-state index in [1.165, 1.54) is 9.87 Å². The number of hydrogen-bond acceptors (Lipinski definition) is 3. The van der Waals surface area contributed by atoms with Crippen LogP contribution < -0.4 is 0 Å². The van der Waals surface area contributed by atoms with Gasteiger partial charge in [0.1, 0.15) is 0 Å². The molecule has 1 aliphatic heterocycles. The molecule has 156 valence electrons. The number of carbonyl (C=O) groups is 1. The lowest BCUT2D eigenvalue weighted by molar-refractivity contribution is -0.132. The Bertz CT molecular complexity index is 924. The molecule has 0 spiro atoms. The molecule has 0 unspecified atom stereocenters. The molecule has 0 N–H and O–H groups in total. The van der Waals surface area contributed by atoms with Gasteiger partial charge in [0.15, 0.2) is 0 Å². The molecule has 0 radical (unpaired) electrons. The fourth-order valence-corrected chi connectivity index (χ4v) is 4.94. The van der Waals surface area contributed by atoms with Gasteiger partial charge in [-0.2, -0.15) is 4.31 Å². The van der Waals surface area contributed by atoms with E-state index < -0.39 is 10.0 Å². The van der Waals surface area contributed by atoms with Crippen molar-refractivity contribution in [2.45, 2.75) is 43.9 Å². The summed E-state index contributed by atoms with van der Waals surface area (Å²) < 4.78 is 26.9. The second kappa shape index (κ2) is 8.67. The summed E-state index contributed by atoms with van der Waals surface area (Å²) in [5.41, 5.74) is 2.55. The highest BCUT2D eigenvalue weighted by molar-refractivity contribution is 7.89. The smallest absolute Gasteiger partial charge is 0.243 e. The van der Waals surface area contributed by atoms with Crippen molar-refractivity contribution < 1.29 is 13.2 Å². The number of rotatable bonds is 5. The highest BCUT2D eigenvalue weighted by Gasteiger charge is 2.29. The van der Waals surface area contributed by atoms with Crippen molar-refractivity contribution in [2.75, 3.05) is 26.2 Å². The van der Waals surface area contributed by atoms with Crippen LogP contribution in [0.1, 0.15) is 38.3 Å². The van der Waals surface area contributed by atoms with Crippen molar-refractivity contribution in [2.24, 2.45) is 0 Å². The van der Waals surface area contributed by atoms with E-state index >= 15 is 0 Å². The highest BCUT2D eigenvalue weighted by Crippen LogP contribution is 2.23. The van der Waals surface area contributed by atoms with E-state index in [2.05, 4.69) is 45.0 Å². The first-order valence-electron chi connectivity index (χ1n) is 10.1. The van der Waals surface area contributed by atoms with Crippen LogP contribution in [0.4, 0.5) is 0 Å². The maximum absolute atomic E-state index is 12.7. The minimum atomic E-state index is -3.49. The number of sulfonamides is 1. The van der Waals surface area contributed by atoms with Crippen LogP contribution in [0.2, 0.25) is 0 Å². The predicted molar refractivity (Wildman–Crippen MR) is 115 cm³/mol. The maximum Gasteiger partial charge on any atom is 0.243 e. The number of amides is 1. The summed E-state index contributed by atoms with van der Waals surface area (Å²) >= 11 is 0. The molecule has 0 saturated carbocycles. The van der Waals surface area contributed by atoms with Crippen LogP contribution in [0.5, 0.6) is 0 Å². The molecule has 1 fully saturated rings. The topological polar surface area (TPSA) is 57.7 Å². The summed E-state index contributed by atoms with van der Waals surface area (Å²) in [5.74, 6) is 0.0849. The second-order valence-corrected chi connectivity index (χ2v) is 10.5. The summed E-state index contributed by atoms with van der Waals surface area (Å²) in [7, 11) is -3.49. The lowest BCUT2D eigenvalue weighted by Gasteiger charge is -2.34. The van der Waals surface area contributed by atoms with Gasteiger partial charge in [0.2, 0.25) is 15.9 Å². The van der Waals surface area contributed by atoms with Gasteiger partial charge < -0.3 is 4.90 Å². The zero-order valence-corrected chi connectivity index (χ0v) is 18.3. The van der Waals surface area contributed by atoms with Crippen molar-refractivity contribution >= 4 is 15.9 Å². The van der Waals surface area contributed by atoms with Crippen LogP contribution in [-0.4, -0.2) is 49.7 Å². The average molecular weight is 415 g/mol. The summed E-state index contributed by atoms with van der Waals surface area (Å²) in [6, 6.07) is 16.9. The molecule has 6 heteroatoms. The van der Waals surface area contributed by atoms with E-state index in [0.717, 1.165) is 5.56 Å². The summed E-state index contributed by atoms with van der Waals surface area (Å²) in [5, 5.41) is 0. The minimum Gasteiger partial charge on any atom is -0.340 e. The van der Waals surface area contributed by atoms with E-state index in [9.17, 15) is 13.2 Å². The largest absolute Gasteiger partial charge is 0.340 e. The lowest BCUT2D eigenvalue weighted by atomic mass is 9.86. The SMILES string of the molecule is CC(C)(C)c1ccc(CCC(=O)N2CCN(S(=O)(=O)c3ccccc3)CC2)cc1. The van der Waals surface area contributed by atoms with Crippen LogP contribution >= 0.6 is 0 Å². The molecule has 0 atom stereocenters. The van der Waals surface area contributed by atoms with E-state index in [0.29, 0.717) is 43.9 Å². The van der Waals surface area contributed by atoms with Crippen LogP contribution in [0, 0.1) is 0 Å². The highest BCUT2D eigenvalue weighted by atomic mass is 32.2. The van der Waals surface area contributed by atoms with Gasteiger partial charge >= 0.3 is 0 Å². The predicted octanol–water partition coefficient (Wildman–Crippen LogP) is 3.45. The van der Waals surface area contributed by atoms with Crippen LogP contribution in [0.15, 0.2) is 59.5 Å². The van der Waals surface area contributed by atoms with Gasteiger partial charge in [-0.25, -0.2) is 8.42 Å². The molecule has 0 bridgehead atoms. The number of nitrogens with zero attached hydrogens (tertiary/aromatic N) is 2. The van der Waals surface area contributed by atoms with E-state index in [1.807, 2.05) is 0 Å². The van der Waals surface area contributed by atoms with Gasteiger partial charge in [-0.3, -0.25) is 4.79 Å². The molecular weight excluding hydrogens is 384 g/mol. The first-order valence-corrected chi connectivity index (χ1v) is 11.5. The fraction of sp³-hybridized carbons (Fsp3) is 0.435. The Morgan fingerprint density at radius 2 is 1.48 bits per heavy atom.